The van der Waals surface area contributed by atoms with Crippen molar-refractivity contribution in [1.29, 1.82) is 0 Å². The summed E-state index contributed by atoms with van der Waals surface area (Å²) in [6.07, 6.45) is 6.87. The summed E-state index contributed by atoms with van der Waals surface area (Å²) in [5, 5.41) is 4.05. The Bertz CT molecular complexity index is 738. The Morgan fingerprint density at radius 3 is 2.84 bits per heavy atom. The van der Waals surface area contributed by atoms with Gasteiger partial charge in [0.25, 0.3) is 5.91 Å². The lowest BCUT2D eigenvalue weighted by Gasteiger charge is -2.20. The van der Waals surface area contributed by atoms with Crippen molar-refractivity contribution in [2.75, 3.05) is 26.2 Å². The van der Waals surface area contributed by atoms with Crippen LogP contribution in [0.5, 0.6) is 0 Å². The van der Waals surface area contributed by atoms with Gasteiger partial charge in [0.05, 0.1) is 17.1 Å². The monoisotopic (exact) mass is 341 g/mol. The van der Waals surface area contributed by atoms with Gasteiger partial charge in [-0.3, -0.25) is 19.7 Å². The lowest BCUT2D eigenvalue weighted by Crippen LogP contribution is -2.35. The highest BCUT2D eigenvalue weighted by Crippen LogP contribution is 2.39. The average Bonchev–Trinajstić information content (AvgIpc) is 3.39. The van der Waals surface area contributed by atoms with E-state index in [2.05, 4.69) is 20.0 Å². The molecule has 2 aliphatic rings. The van der Waals surface area contributed by atoms with Gasteiger partial charge in [0.1, 0.15) is 0 Å². The first-order chi connectivity index (χ1) is 12.2. The molecule has 0 unspecified atom stereocenters. The van der Waals surface area contributed by atoms with Gasteiger partial charge in [-0.05, 0) is 26.2 Å². The third kappa shape index (κ3) is 3.87. The topological polar surface area (TPSA) is 75.4 Å². The molecule has 132 valence electrons. The van der Waals surface area contributed by atoms with Gasteiger partial charge in [0.2, 0.25) is 5.76 Å². The second-order valence-electron chi connectivity index (χ2n) is 6.96. The third-order valence-corrected chi connectivity index (χ3v) is 4.83. The Kier molecular flexibility index (Phi) is 4.48. The van der Waals surface area contributed by atoms with Gasteiger partial charge in [0.15, 0.2) is 0 Å². The molecule has 2 fully saturated rings. The van der Waals surface area contributed by atoms with Crippen molar-refractivity contribution in [3.8, 4) is 0 Å². The SMILES string of the molecule is Cc1cnc(CN2CCCN(C(=O)c3cc(C4CC4)no3)CC2)cn1. The Balaban J connectivity index is 1.35. The van der Waals surface area contributed by atoms with Crippen LogP contribution in [0.25, 0.3) is 0 Å². The summed E-state index contributed by atoms with van der Waals surface area (Å²) >= 11 is 0. The Morgan fingerprint density at radius 2 is 2.08 bits per heavy atom. The van der Waals surface area contributed by atoms with E-state index >= 15 is 0 Å². The molecule has 0 N–H and O–H groups in total. The van der Waals surface area contributed by atoms with E-state index in [-0.39, 0.29) is 5.91 Å². The van der Waals surface area contributed by atoms with Gasteiger partial charge >= 0.3 is 0 Å². The molecule has 3 heterocycles. The zero-order chi connectivity index (χ0) is 17.2. The highest BCUT2D eigenvalue weighted by Gasteiger charge is 2.30. The maximum absolute atomic E-state index is 12.7. The van der Waals surface area contributed by atoms with Gasteiger partial charge in [-0.25, -0.2) is 0 Å². The van der Waals surface area contributed by atoms with Crippen LogP contribution in [0.1, 0.15) is 52.8 Å². The Morgan fingerprint density at radius 1 is 1.20 bits per heavy atom. The number of rotatable bonds is 4. The van der Waals surface area contributed by atoms with E-state index in [4.69, 9.17) is 4.52 Å². The van der Waals surface area contributed by atoms with Crippen molar-refractivity contribution in [3.05, 3.63) is 41.3 Å². The van der Waals surface area contributed by atoms with Crippen molar-refractivity contribution in [3.63, 3.8) is 0 Å². The largest absolute Gasteiger partial charge is 0.351 e. The van der Waals surface area contributed by atoms with Gasteiger partial charge in [-0.15, -0.1) is 0 Å². The summed E-state index contributed by atoms with van der Waals surface area (Å²) in [7, 11) is 0. The van der Waals surface area contributed by atoms with E-state index in [9.17, 15) is 4.79 Å². The molecule has 1 saturated heterocycles. The van der Waals surface area contributed by atoms with Crippen molar-refractivity contribution in [1.82, 2.24) is 24.9 Å². The van der Waals surface area contributed by atoms with Crippen LogP contribution >= 0.6 is 0 Å². The van der Waals surface area contributed by atoms with Crippen LogP contribution in [0, 0.1) is 6.92 Å². The van der Waals surface area contributed by atoms with E-state index in [1.54, 1.807) is 6.20 Å². The van der Waals surface area contributed by atoms with Crippen LogP contribution in [0.4, 0.5) is 0 Å². The molecule has 0 bridgehead atoms. The fourth-order valence-corrected chi connectivity index (χ4v) is 3.18. The summed E-state index contributed by atoms with van der Waals surface area (Å²) in [5.41, 5.74) is 2.82. The minimum absolute atomic E-state index is 0.0450. The second kappa shape index (κ2) is 6.92. The second-order valence-corrected chi connectivity index (χ2v) is 6.96. The van der Waals surface area contributed by atoms with E-state index in [0.717, 1.165) is 62.5 Å². The van der Waals surface area contributed by atoms with Gasteiger partial charge in [0, 0.05) is 57.1 Å². The lowest BCUT2D eigenvalue weighted by molar-refractivity contribution is 0.0719. The number of hydrogen-bond acceptors (Lipinski definition) is 6. The van der Waals surface area contributed by atoms with Gasteiger partial charge < -0.3 is 9.42 Å². The maximum Gasteiger partial charge on any atom is 0.292 e. The zero-order valence-corrected chi connectivity index (χ0v) is 14.5. The minimum Gasteiger partial charge on any atom is -0.351 e. The third-order valence-electron chi connectivity index (χ3n) is 4.83. The molecule has 4 rings (SSSR count). The molecule has 1 amide bonds. The van der Waals surface area contributed by atoms with Crippen LogP contribution in [0.15, 0.2) is 23.0 Å². The van der Waals surface area contributed by atoms with Crippen molar-refractivity contribution < 1.29 is 9.32 Å². The first-order valence-electron chi connectivity index (χ1n) is 8.95. The average molecular weight is 341 g/mol. The maximum atomic E-state index is 12.7. The molecule has 1 saturated carbocycles. The normalized spacial score (nSPS) is 19.0. The quantitative estimate of drug-likeness (QED) is 0.847. The molecule has 2 aromatic heterocycles. The molecule has 0 atom stereocenters. The fourth-order valence-electron chi connectivity index (χ4n) is 3.18. The number of nitrogens with zero attached hydrogens (tertiary/aromatic N) is 5. The van der Waals surface area contributed by atoms with Gasteiger partial charge in [-0.1, -0.05) is 5.16 Å². The zero-order valence-electron chi connectivity index (χ0n) is 14.5. The summed E-state index contributed by atoms with van der Waals surface area (Å²) in [5.74, 6) is 0.830. The highest BCUT2D eigenvalue weighted by atomic mass is 16.5. The summed E-state index contributed by atoms with van der Waals surface area (Å²) < 4.78 is 5.28. The van der Waals surface area contributed by atoms with Crippen molar-refractivity contribution in [2.24, 2.45) is 0 Å². The molecule has 0 spiro atoms. The molecule has 7 heteroatoms. The fraction of sp³-hybridized carbons (Fsp3) is 0.556. The Hall–Kier alpha value is -2.28. The minimum atomic E-state index is -0.0450. The highest BCUT2D eigenvalue weighted by molar-refractivity contribution is 5.91. The summed E-state index contributed by atoms with van der Waals surface area (Å²) in [6.45, 7) is 5.91. The van der Waals surface area contributed by atoms with E-state index < -0.39 is 0 Å². The molecule has 1 aliphatic carbocycles. The molecular formula is C18H23N5O2. The number of amides is 1. The van der Waals surface area contributed by atoms with Crippen LogP contribution in [0.2, 0.25) is 0 Å². The molecule has 0 aromatic carbocycles. The van der Waals surface area contributed by atoms with E-state index in [1.165, 1.54) is 0 Å². The predicted octanol–water partition coefficient (Wildman–Crippen LogP) is 2.00. The molecule has 7 nitrogen and oxygen atoms in total. The van der Waals surface area contributed by atoms with Crippen molar-refractivity contribution >= 4 is 5.91 Å². The Labute approximate surface area is 147 Å². The number of hydrogen-bond donors (Lipinski definition) is 0. The van der Waals surface area contributed by atoms with Crippen LogP contribution in [-0.4, -0.2) is 57.0 Å². The lowest BCUT2D eigenvalue weighted by atomic mass is 10.2. The van der Waals surface area contributed by atoms with Crippen LogP contribution in [-0.2, 0) is 6.54 Å². The number of carbonyl (C=O) groups is 1. The van der Waals surface area contributed by atoms with Crippen LogP contribution < -0.4 is 0 Å². The van der Waals surface area contributed by atoms with Crippen LogP contribution in [0.3, 0.4) is 0 Å². The molecule has 1 aliphatic heterocycles. The smallest absolute Gasteiger partial charge is 0.292 e. The molecular weight excluding hydrogens is 318 g/mol. The number of carbonyl (C=O) groups excluding carboxylic acids is 1. The van der Waals surface area contributed by atoms with E-state index in [0.29, 0.717) is 18.2 Å². The summed E-state index contributed by atoms with van der Waals surface area (Å²) in [4.78, 5) is 25.6. The first-order valence-corrected chi connectivity index (χ1v) is 8.95. The molecule has 0 radical (unpaired) electrons. The van der Waals surface area contributed by atoms with Crippen molar-refractivity contribution in [2.45, 2.75) is 38.6 Å². The number of aryl methyl sites for hydroxylation is 1. The predicted molar refractivity (Wildman–Crippen MR) is 91.0 cm³/mol. The van der Waals surface area contributed by atoms with E-state index in [1.807, 2.05) is 24.1 Å². The molecule has 25 heavy (non-hydrogen) atoms. The standard InChI is InChI=1S/C18H23N5O2/c1-13-10-20-15(11-19-13)12-22-5-2-6-23(8-7-22)18(24)17-9-16(21-25-17)14-3-4-14/h9-11,14H,2-8,12H2,1H3. The molecule has 2 aromatic rings. The number of aromatic nitrogens is 3. The van der Waals surface area contributed by atoms with Gasteiger partial charge in [-0.2, -0.15) is 0 Å². The first kappa shape index (κ1) is 16.2. The summed E-state index contributed by atoms with van der Waals surface area (Å²) in [6, 6.07) is 1.82.